The van der Waals surface area contributed by atoms with Crippen LogP contribution >= 0.6 is 22.9 Å². The maximum absolute atomic E-state index is 10.3. The quantitative estimate of drug-likeness (QED) is 0.613. The van der Waals surface area contributed by atoms with E-state index >= 15 is 0 Å². The van der Waals surface area contributed by atoms with Gasteiger partial charge in [0, 0.05) is 38.4 Å². The van der Waals surface area contributed by atoms with E-state index in [1.54, 1.807) is 42.7 Å². The predicted molar refractivity (Wildman–Crippen MR) is 99.0 cm³/mol. The molecule has 0 aliphatic heterocycles. The molecule has 0 radical (unpaired) electrons. The fraction of sp³-hybridized carbons (Fsp3) is 0.444. The summed E-state index contributed by atoms with van der Waals surface area (Å²) in [6.45, 7) is 3.24. The van der Waals surface area contributed by atoms with Crippen LogP contribution in [0.3, 0.4) is 0 Å². The van der Waals surface area contributed by atoms with Gasteiger partial charge in [-0.15, -0.1) is 0 Å². The number of nitrogens with zero attached hydrogens (tertiary/aromatic N) is 1. The molecule has 0 fully saturated rings. The van der Waals surface area contributed by atoms with E-state index in [2.05, 4.69) is 21.7 Å². The minimum atomic E-state index is -0.554. The molecule has 2 aromatic rings. The first-order valence-corrected chi connectivity index (χ1v) is 9.28. The minimum Gasteiger partial charge on any atom is -0.491 e. The molecule has 1 atom stereocenters. The van der Waals surface area contributed by atoms with Crippen LogP contribution in [0.2, 0.25) is 5.02 Å². The smallest absolute Gasteiger partial charge is 0.119 e. The Labute approximate surface area is 152 Å². The normalized spacial score (nSPS) is 12.5. The minimum absolute atomic E-state index is 0.256. The van der Waals surface area contributed by atoms with E-state index in [1.165, 1.54) is 5.56 Å². The van der Waals surface area contributed by atoms with Crippen molar-refractivity contribution in [3.63, 3.8) is 0 Å². The Balaban J connectivity index is 1.80. The second-order valence-electron chi connectivity index (χ2n) is 5.63. The molecule has 0 amide bonds. The fourth-order valence-electron chi connectivity index (χ4n) is 2.38. The van der Waals surface area contributed by atoms with Crippen molar-refractivity contribution in [2.45, 2.75) is 19.1 Å². The van der Waals surface area contributed by atoms with Gasteiger partial charge in [0.25, 0.3) is 0 Å². The molecule has 1 aromatic carbocycles. The molecule has 0 aliphatic carbocycles. The Morgan fingerprint density at radius 3 is 2.71 bits per heavy atom. The Hall–Kier alpha value is -1.11. The lowest BCUT2D eigenvalue weighted by molar-refractivity contribution is 0.0618. The number of aliphatic hydroxyl groups is 1. The number of benzene rings is 1. The molecule has 0 saturated carbocycles. The summed E-state index contributed by atoms with van der Waals surface area (Å²) in [6, 6.07) is 9.27. The third-order valence-electron chi connectivity index (χ3n) is 3.53. The predicted octanol–water partition coefficient (Wildman–Crippen LogP) is 3.68. The van der Waals surface area contributed by atoms with Crippen molar-refractivity contribution in [2.24, 2.45) is 0 Å². The van der Waals surface area contributed by atoms with Gasteiger partial charge in [0.15, 0.2) is 0 Å². The van der Waals surface area contributed by atoms with Crippen molar-refractivity contribution in [3.05, 3.63) is 51.7 Å². The highest BCUT2D eigenvalue weighted by Gasteiger charge is 2.13. The maximum atomic E-state index is 10.3. The molecular weight excluding hydrogens is 346 g/mol. The second-order valence-corrected chi connectivity index (χ2v) is 6.85. The average molecular weight is 370 g/mol. The molecule has 1 N–H and O–H groups in total. The lowest BCUT2D eigenvalue weighted by Crippen LogP contribution is -2.36. The highest BCUT2D eigenvalue weighted by atomic mass is 35.5. The van der Waals surface area contributed by atoms with Crippen molar-refractivity contribution in [2.75, 3.05) is 33.4 Å². The molecule has 132 valence electrons. The van der Waals surface area contributed by atoms with E-state index in [0.717, 1.165) is 26.1 Å². The lowest BCUT2D eigenvalue weighted by atomic mass is 10.2. The number of hydrogen-bond acceptors (Lipinski definition) is 5. The SMILES string of the molecule is COCCCN(Cc1ccsc1)CC(O)COc1ccc(Cl)cc1. The summed E-state index contributed by atoms with van der Waals surface area (Å²) in [4.78, 5) is 2.23. The summed E-state index contributed by atoms with van der Waals surface area (Å²) in [7, 11) is 1.71. The van der Waals surface area contributed by atoms with Crippen molar-refractivity contribution in [1.82, 2.24) is 4.90 Å². The summed E-state index contributed by atoms with van der Waals surface area (Å²) in [5, 5.41) is 15.2. The van der Waals surface area contributed by atoms with Gasteiger partial charge in [0.2, 0.25) is 0 Å². The topological polar surface area (TPSA) is 41.9 Å². The van der Waals surface area contributed by atoms with Gasteiger partial charge in [0.1, 0.15) is 18.5 Å². The third kappa shape index (κ3) is 7.20. The average Bonchev–Trinajstić information content (AvgIpc) is 3.07. The molecule has 6 heteroatoms. The molecular formula is C18H24ClNO3S. The number of halogens is 1. The van der Waals surface area contributed by atoms with Crippen molar-refractivity contribution < 1.29 is 14.6 Å². The first kappa shape index (κ1) is 19.2. The zero-order valence-corrected chi connectivity index (χ0v) is 15.4. The number of aliphatic hydroxyl groups excluding tert-OH is 1. The van der Waals surface area contributed by atoms with Gasteiger partial charge < -0.3 is 14.6 Å². The maximum Gasteiger partial charge on any atom is 0.119 e. The van der Waals surface area contributed by atoms with Crippen molar-refractivity contribution in [3.8, 4) is 5.75 Å². The van der Waals surface area contributed by atoms with Crippen LogP contribution in [0.1, 0.15) is 12.0 Å². The zero-order valence-electron chi connectivity index (χ0n) is 13.9. The van der Waals surface area contributed by atoms with Crippen LogP contribution in [0.4, 0.5) is 0 Å². The van der Waals surface area contributed by atoms with Crippen LogP contribution in [0.15, 0.2) is 41.1 Å². The van der Waals surface area contributed by atoms with Gasteiger partial charge in [-0.2, -0.15) is 11.3 Å². The van der Waals surface area contributed by atoms with Gasteiger partial charge in [0.05, 0.1) is 0 Å². The molecule has 4 nitrogen and oxygen atoms in total. The van der Waals surface area contributed by atoms with E-state index in [9.17, 15) is 5.11 Å². The number of thiophene rings is 1. The van der Waals surface area contributed by atoms with E-state index in [-0.39, 0.29) is 6.61 Å². The summed E-state index contributed by atoms with van der Waals surface area (Å²) >= 11 is 7.54. The molecule has 1 unspecified atom stereocenters. The first-order chi connectivity index (χ1) is 11.7. The highest BCUT2D eigenvalue weighted by molar-refractivity contribution is 7.07. The van der Waals surface area contributed by atoms with Crippen LogP contribution in [0.5, 0.6) is 5.75 Å². The molecule has 0 spiro atoms. The third-order valence-corrected chi connectivity index (χ3v) is 4.52. The largest absolute Gasteiger partial charge is 0.491 e. The van der Waals surface area contributed by atoms with E-state index in [0.29, 0.717) is 17.3 Å². The van der Waals surface area contributed by atoms with Gasteiger partial charge in [-0.05, 0) is 53.1 Å². The standard InChI is InChI=1S/C18H24ClNO3S/c1-22-9-2-8-20(11-15-7-10-24-14-15)12-17(21)13-23-18-5-3-16(19)4-6-18/h3-7,10,14,17,21H,2,8-9,11-13H2,1H3. The monoisotopic (exact) mass is 369 g/mol. The summed E-state index contributed by atoms with van der Waals surface area (Å²) in [5.41, 5.74) is 1.27. The molecule has 2 rings (SSSR count). The number of methoxy groups -OCH3 is 1. The zero-order chi connectivity index (χ0) is 17.2. The first-order valence-electron chi connectivity index (χ1n) is 7.96. The molecule has 24 heavy (non-hydrogen) atoms. The summed E-state index contributed by atoms with van der Waals surface area (Å²) in [5.74, 6) is 0.710. The summed E-state index contributed by atoms with van der Waals surface area (Å²) < 4.78 is 10.8. The van der Waals surface area contributed by atoms with Gasteiger partial charge in [-0.1, -0.05) is 11.6 Å². The van der Waals surface area contributed by atoms with E-state index in [1.807, 2.05) is 0 Å². The molecule has 0 saturated heterocycles. The lowest BCUT2D eigenvalue weighted by Gasteiger charge is -2.24. The highest BCUT2D eigenvalue weighted by Crippen LogP contribution is 2.16. The van der Waals surface area contributed by atoms with Gasteiger partial charge >= 0.3 is 0 Å². The van der Waals surface area contributed by atoms with Crippen LogP contribution in [0, 0.1) is 0 Å². The number of rotatable bonds is 11. The van der Waals surface area contributed by atoms with Crippen molar-refractivity contribution in [1.29, 1.82) is 0 Å². The Kier molecular flexibility index (Phi) is 8.56. The van der Waals surface area contributed by atoms with Crippen LogP contribution in [-0.2, 0) is 11.3 Å². The second kappa shape index (κ2) is 10.7. The molecule has 1 aromatic heterocycles. The van der Waals surface area contributed by atoms with Gasteiger partial charge in [-0.3, -0.25) is 4.90 Å². The summed E-state index contributed by atoms with van der Waals surface area (Å²) in [6.07, 6.45) is 0.382. The Morgan fingerprint density at radius 2 is 2.04 bits per heavy atom. The number of hydrogen-bond donors (Lipinski definition) is 1. The number of ether oxygens (including phenoxy) is 2. The Morgan fingerprint density at radius 1 is 1.25 bits per heavy atom. The van der Waals surface area contributed by atoms with Crippen LogP contribution < -0.4 is 4.74 Å². The van der Waals surface area contributed by atoms with Gasteiger partial charge in [-0.25, -0.2) is 0 Å². The van der Waals surface area contributed by atoms with E-state index < -0.39 is 6.10 Å². The fourth-order valence-corrected chi connectivity index (χ4v) is 3.17. The molecule has 0 bridgehead atoms. The van der Waals surface area contributed by atoms with E-state index in [4.69, 9.17) is 21.1 Å². The molecule has 0 aliphatic rings. The molecule has 1 heterocycles. The Bertz CT molecular complexity index is 562. The van der Waals surface area contributed by atoms with Crippen LogP contribution in [-0.4, -0.2) is 49.5 Å². The van der Waals surface area contributed by atoms with Crippen molar-refractivity contribution >= 4 is 22.9 Å². The van der Waals surface area contributed by atoms with Crippen LogP contribution in [0.25, 0.3) is 0 Å².